The molecule has 0 aromatic heterocycles. The molecule has 0 radical (unpaired) electrons. The summed E-state index contributed by atoms with van der Waals surface area (Å²) < 4.78 is 0. The van der Waals surface area contributed by atoms with E-state index >= 15 is 0 Å². The first-order valence-electron chi connectivity index (χ1n) is 7.46. The Hall–Kier alpha value is -1.55. The fourth-order valence-corrected chi connectivity index (χ4v) is 2.88. The number of piperidine rings is 1. The number of hydrogen-bond donors (Lipinski definition) is 2. The van der Waals surface area contributed by atoms with Gasteiger partial charge in [0.05, 0.1) is 5.92 Å². The Balaban J connectivity index is 2.10. The Kier molecular flexibility index (Phi) is 5.01. The molecule has 1 unspecified atom stereocenters. The maximum atomic E-state index is 11.4. The largest absolute Gasteiger partial charge is 0.371 e. The standard InChI is InChI=1S/C16H25N3O/c1-3-18-10-13-6-7-15(12(2)9-13)19-8-4-5-14(11-19)16(17)20/h6-7,9,14,18H,3-5,8,10-11H2,1-2H3,(H2,17,20). The molecule has 1 fully saturated rings. The molecular formula is C16H25N3O. The summed E-state index contributed by atoms with van der Waals surface area (Å²) in [5.41, 5.74) is 9.25. The molecule has 1 saturated heterocycles. The van der Waals surface area contributed by atoms with Crippen LogP contribution in [0.4, 0.5) is 5.69 Å². The lowest BCUT2D eigenvalue weighted by Crippen LogP contribution is -2.41. The summed E-state index contributed by atoms with van der Waals surface area (Å²) >= 11 is 0. The summed E-state index contributed by atoms with van der Waals surface area (Å²) in [6, 6.07) is 6.57. The second-order valence-electron chi connectivity index (χ2n) is 5.59. The highest BCUT2D eigenvalue weighted by Gasteiger charge is 2.24. The van der Waals surface area contributed by atoms with E-state index in [-0.39, 0.29) is 11.8 Å². The molecule has 1 aliphatic rings. The van der Waals surface area contributed by atoms with Gasteiger partial charge in [-0.25, -0.2) is 0 Å². The SMILES string of the molecule is CCNCc1ccc(N2CCCC(C(N)=O)C2)c(C)c1. The molecule has 4 nitrogen and oxygen atoms in total. The molecule has 110 valence electrons. The highest BCUT2D eigenvalue weighted by Crippen LogP contribution is 2.26. The van der Waals surface area contributed by atoms with Gasteiger partial charge in [0.1, 0.15) is 0 Å². The monoisotopic (exact) mass is 275 g/mol. The van der Waals surface area contributed by atoms with Crippen LogP contribution >= 0.6 is 0 Å². The molecule has 0 aliphatic carbocycles. The molecule has 4 heteroatoms. The normalized spacial score (nSPS) is 19.1. The van der Waals surface area contributed by atoms with Crippen LogP contribution in [-0.2, 0) is 11.3 Å². The van der Waals surface area contributed by atoms with Gasteiger partial charge in [-0.15, -0.1) is 0 Å². The van der Waals surface area contributed by atoms with E-state index in [9.17, 15) is 4.79 Å². The fourth-order valence-electron chi connectivity index (χ4n) is 2.88. The smallest absolute Gasteiger partial charge is 0.222 e. The molecule has 1 atom stereocenters. The van der Waals surface area contributed by atoms with Crippen LogP contribution in [0.3, 0.4) is 0 Å². The topological polar surface area (TPSA) is 58.4 Å². The third-order valence-corrected chi connectivity index (χ3v) is 4.00. The van der Waals surface area contributed by atoms with Gasteiger partial charge >= 0.3 is 0 Å². The predicted octanol–water partition coefficient (Wildman–Crippen LogP) is 1.81. The van der Waals surface area contributed by atoms with Crippen molar-refractivity contribution in [2.24, 2.45) is 11.7 Å². The van der Waals surface area contributed by atoms with E-state index in [2.05, 4.69) is 42.3 Å². The van der Waals surface area contributed by atoms with E-state index in [1.165, 1.54) is 16.8 Å². The van der Waals surface area contributed by atoms with Crippen molar-refractivity contribution in [3.63, 3.8) is 0 Å². The second-order valence-corrected chi connectivity index (χ2v) is 5.59. The lowest BCUT2D eigenvalue weighted by molar-refractivity contribution is -0.122. The van der Waals surface area contributed by atoms with Gasteiger partial charge < -0.3 is 16.0 Å². The summed E-state index contributed by atoms with van der Waals surface area (Å²) in [4.78, 5) is 13.7. The molecule has 0 spiro atoms. The number of primary amides is 1. The average molecular weight is 275 g/mol. The van der Waals surface area contributed by atoms with Crippen molar-refractivity contribution >= 4 is 11.6 Å². The van der Waals surface area contributed by atoms with Gasteiger partial charge in [-0.05, 0) is 43.5 Å². The minimum Gasteiger partial charge on any atom is -0.371 e. The van der Waals surface area contributed by atoms with Crippen molar-refractivity contribution in [3.8, 4) is 0 Å². The van der Waals surface area contributed by atoms with Crippen molar-refractivity contribution in [3.05, 3.63) is 29.3 Å². The van der Waals surface area contributed by atoms with Gasteiger partial charge in [0.25, 0.3) is 0 Å². The molecule has 1 aromatic carbocycles. The number of nitrogens with two attached hydrogens (primary N) is 1. The first-order valence-corrected chi connectivity index (χ1v) is 7.46. The van der Waals surface area contributed by atoms with Crippen LogP contribution in [0.1, 0.15) is 30.9 Å². The zero-order valence-electron chi connectivity index (χ0n) is 12.5. The van der Waals surface area contributed by atoms with Crippen LogP contribution < -0.4 is 16.0 Å². The summed E-state index contributed by atoms with van der Waals surface area (Å²) in [7, 11) is 0. The first kappa shape index (κ1) is 14.9. The highest BCUT2D eigenvalue weighted by atomic mass is 16.1. The Morgan fingerprint density at radius 3 is 2.95 bits per heavy atom. The number of anilines is 1. The molecule has 3 N–H and O–H groups in total. The van der Waals surface area contributed by atoms with Gasteiger partial charge in [-0.2, -0.15) is 0 Å². The molecule has 2 rings (SSSR count). The van der Waals surface area contributed by atoms with Crippen molar-refractivity contribution in [2.45, 2.75) is 33.2 Å². The van der Waals surface area contributed by atoms with Gasteiger partial charge in [-0.1, -0.05) is 19.1 Å². The maximum absolute atomic E-state index is 11.4. The quantitative estimate of drug-likeness (QED) is 0.861. The number of hydrogen-bond acceptors (Lipinski definition) is 3. The van der Waals surface area contributed by atoms with E-state index in [1.54, 1.807) is 0 Å². The lowest BCUT2D eigenvalue weighted by Gasteiger charge is -2.34. The first-order chi connectivity index (χ1) is 9.61. The van der Waals surface area contributed by atoms with Crippen LogP contribution in [0.5, 0.6) is 0 Å². The van der Waals surface area contributed by atoms with Gasteiger partial charge in [0, 0.05) is 25.3 Å². The third kappa shape index (κ3) is 3.51. The Morgan fingerprint density at radius 2 is 2.30 bits per heavy atom. The number of benzene rings is 1. The van der Waals surface area contributed by atoms with E-state index in [0.29, 0.717) is 0 Å². The van der Waals surface area contributed by atoms with Crippen LogP contribution in [0.15, 0.2) is 18.2 Å². The second kappa shape index (κ2) is 6.75. The zero-order chi connectivity index (χ0) is 14.5. The van der Waals surface area contributed by atoms with Crippen molar-refractivity contribution in [1.82, 2.24) is 5.32 Å². The van der Waals surface area contributed by atoms with E-state index < -0.39 is 0 Å². The Labute approximate surface area is 121 Å². The minimum absolute atomic E-state index is 0.00964. The molecule has 1 heterocycles. The van der Waals surface area contributed by atoms with Crippen LogP contribution in [0, 0.1) is 12.8 Å². The van der Waals surface area contributed by atoms with E-state index in [1.807, 2.05) is 0 Å². The minimum atomic E-state index is -0.170. The predicted molar refractivity (Wildman–Crippen MR) is 82.7 cm³/mol. The van der Waals surface area contributed by atoms with E-state index in [0.717, 1.165) is 39.0 Å². The average Bonchev–Trinajstić information content (AvgIpc) is 2.45. The van der Waals surface area contributed by atoms with Crippen molar-refractivity contribution in [2.75, 3.05) is 24.5 Å². The molecule has 1 amide bonds. The van der Waals surface area contributed by atoms with E-state index in [4.69, 9.17) is 5.73 Å². The Morgan fingerprint density at radius 1 is 1.50 bits per heavy atom. The third-order valence-electron chi connectivity index (χ3n) is 4.00. The number of rotatable bonds is 5. The maximum Gasteiger partial charge on any atom is 0.222 e. The Bertz CT molecular complexity index is 473. The number of carbonyl (C=O) groups is 1. The van der Waals surface area contributed by atoms with Crippen LogP contribution in [0.25, 0.3) is 0 Å². The lowest BCUT2D eigenvalue weighted by atomic mass is 9.96. The number of nitrogens with zero attached hydrogens (tertiary/aromatic N) is 1. The number of aryl methyl sites for hydroxylation is 1. The summed E-state index contributed by atoms with van der Waals surface area (Å²) in [5.74, 6) is -0.180. The molecule has 0 bridgehead atoms. The van der Waals surface area contributed by atoms with Crippen LogP contribution in [0.2, 0.25) is 0 Å². The highest BCUT2D eigenvalue weighted by molar-refractivity contribution is 5.77. The molecule has 1 aromatic rings. The van der Waals surface area contributed by atoms with Crippen molar-refractivity contribution < 1.29 is 4.79 Å². The summed E-state index contributed by atoms with van der Waals surface area (Å²) in [5, 5.41) is 3.34. The van der Waals surface area contributed by atoms with Gasteiger partial charge in [0.15, 0.2) is 0 Å². The van der Waals surface area contributed by atoms with Crippen LogP contribution in [-0.4, -0.2) is 25.5 Å². The molecule has 20 heavy (non-hydrogen) atoms. The summed E-state index contributed by atoms with van der Waals surface area (Å²) in [6.07, 6.45) is 1.95. The van der Waals surface area contributed by atoms with Gasteiger partial charge in [-0.3, -0.25) is 4.79 Å². The van der Waals surface area contributed by atoms with Gasteiger partial charge in [0.2, 0.25) is 5.91 Å². The molecular weight excluding hydrogens is 250 g/mol. The number of carbonyl (C=O) groups excluding carboxylic acids is 1. The molecule has 1 aliphatic heterocycles. The fraction of sp³-hybridized carbons (Fsp3) is 0.562. The number of nitrogens with one attached hydrogen (secondary N) is 1. The van der Waals surface area contributed by atoms with Crippen molar-refractivity contribution in [1.29, 1.82) is 0 Å². The molecule has 0 saturated carbocycles. The zero-order valence-corrected chi connectivity index (χ0v) is 12.5. The summed E-state index contributed by atoms with van der Waals surface area (Å²) in [6.45, 7) is 7.90. The number of amides is 1.